The van der Waals surface area contributed by atoms with E-state index in [0.717, 1.165) is 12.1 Å². The fraction of sp³-hybridized carbons (Fsp3) is 0.538. The number of rotatable bonds is 7. The van der Waals surface area contributed by atoms with Gasteiger partial charge in [-0.3, -0.25) is 0 Å². The third-order valence-corrected chi connectivity index (χ3v) is 2.59. The van der Waals surface area contributed by atoms with E-state index in [4.69, 9.17) is 5.73 Å². The van der Waals surface area contributed by atoms with Gasteiger partial charge in [0.2, 0.25) is 0 Å². The molecule has 0 heterocycles. The van der Waals surface area contributed by atoms with E-state index in [-0.39, 0.29) is 0 Å². The van der Waals surface area contributed by atoms with Crippen molar-refractivity contribution in [2.75, 3.05) is 18.8 Å². The monoisotopic (exact) mass is 222 g/mol. The molecule has 0 aliphatic rings. The van der Waals surface area contributed by atoms with E-state index in [1.807, 2.05) is 24.3 Å². The number of benzene rings is 1. The number of anilines is 1. The molecule has 0 saturated carbocycles. The second-order valence-corrected chi connectivity index (χ2v) is 4.10. The minimum absolute atomic E-state index is 0.467. The van der Waals surface area contributed by atoms with Gasteiger partial charge in [-0.25, -0.2) is 0 Å². The lowest BCUT2D eigenvalue weighted by atomic mass is 10.1. The molecule has 1 aromatic carbocycles. The number of unbranched alkanes of at least 4 members (excludes halogenated alkanes) is 2. The van der Waals surface area contributed by atoms with Gasteiger partial charge in [-0.2, -0.15) is 0 Å². The summed E-state index contributed by atoms with van der Waals surface area (Å²) >= 11 is 0. The molecule has 0 radical (unpaired) electrons. The molecule has 16 heavy (non-hydrogen) atoms. The van der Waals surface area contributed by atoms with E-state index in [0.29, 0.717) is 12.2 Å². The number of aliphatic hydroxyl groups excluding tert-OH is 1. The summed E-state index contributed by atoms with van der Waals surface area (Å²) < 4.78 is 0. The van der Waals surface area contributed by atoms with Crippen LogP contribution < -0.4 is 11.1 Å². The maximum Gasteiger partial charge on any atom is 0.0915 e. The summed E-state index contributed by atoms with van der Waals surface area (Å²) in [5.74, 6) is 0. The molecule has 3 heteroatoms. The van der Waals surface area contributed by atoms with Gasteiger partial charge in [0.05, 0.1) is 6.10 Å². The molecule has 0 amide bonds. The van der Waals surface area contributed by atoms with Gasteiger partial charge >= 0.3 is 0 Å². The van der Waals surface area contributed by atoms with Gasteiger partial charge in [0.1, 0.15) is 0 Å². The zero-order valence-corrected chi connectivity index (χ0v) is 9.95. The van der Waals surface area contributed by atoms with Gasteiger partial charge in [0.15, 0.2) is 0 Å². The highest BCUT2D eigenvalue weighted by atomic mass is 16.3. The van der Waals surface area contributed by atoms with Crippen molar-refractivity contribution in [2.24, 2.45) is 0 Å². The first-order chi connectivity index (χ1) is 7.74. The Balaban J connectivity index is 2.27. The second kappa shape index (κ2) is 7.25. The Hall–Kier alpha value is -1.06. The lowest BCUT2D eigenvalue weighted by Gasteiger charge is -2.12. The average molecular weight is 222 g/mol. The summed E-state index contributed by atoms with van der Waals surface area (Å²) in [6.45, 7) is 3.74. The highest BCUT2D eigenvalue weighted by Crippen LogP contribution is 2.14. The van der Waals surface area contributed by atoms with E-state index in [1.165, 1.54) is 19.3 Å². The molecule has 0 aliphatic carbocycles. The van der Waals surface area contributed by atoms with Crippen LogP contribution in [0.3, 0.4) is 0 Å². The molecule has 0 bridgehead atoms. The highest BCUT2D eigenvalue weighted by molar-refractivity contribution is 5.41. The van der Waals surface area contributed by atoms with E-state index < -0.39 is 6.10 Å². The standard InChI is InChI=1S/C13H22N2O/c1-2-3-4-8-15-10-13(16)11-6-5-7-12(14)9-11/h5-7,9,13,15-16H,2-4,8,10,14H2,1H3. The molecule has 0 fully saturated rings. The van der Waals surface area contributed by atoms with Crippen LogP contribution in [0.4, 0.5) is 5.69 Å². The zero-order valence-electron chi connectivity index (χ0n) is 9.95. The van der Waals surface area contributed by atoms with E-state index >= 15 is 0 Å². The minimum Gasteiger partial charge on any atom is -0.399 e. The Labute approximate surface area is 97.7 Å². The van der Waals surface area contributed by atoms with Crippen LogP contribution >= 0.6 is 0 Å². The number of hydrogen-bond donors (Lipinski definition) is 3. The molecule has 1 unspecified atom stereocenters. The zero-order chi connectivity index (χ0) is 11.8. The molecule has 1 aromatic rings. The average Bonchev–Trinajstić information content (AvgIpc) is 2.28. The fourth-order valence-electron chi connectivity index (χ4n) is 1.62. The maximum atomic E-state index is 9.88. The van der Waals surface area contributed by atoms with Gasteiger partial charge in [0, 0.05) is 12.2 Å². The highest BCUT2D eigenvalue weighted by Gasteiger charge is 2.06. The molecule has 4 N–H and O–H groups in total. The topological polar surface area (TPSA) is 58.3 Å². The molecule has 0 saturated heterocycles. The molecule has 0 aliphatic heterocycles. The SMILES string of the molecule is CCCCCNCC(O)c1cccc(N)c1. The Morgan fingerprint density at radius 2 is 2.19 bits per heavy atom. The third kappa shape index (κ3) is 4.64. The van der Waals surface area contributed by atoms with Crippen LogP contribution in [0.5, 0.6) is 0 Å². The Kier molecular flexibility index (Phi) is 5.90. The van der Waals surface area contributed by atoms with Crippen LogP contribution in [0.2, 0.25) is 0 Å². The van der Waals surface area contributed by atoms with Crippen molar-refractivity contribution in [3.63, 3.8) is 0 Å². The Morgan fingerprint density at radius 1 is 1.38 bits per heavy atom. The molecule has 1 rings (SSSR count). The summed E-state index contributed by atoms with van der Waals surface area (Å²) in [6.07, 6.45) is 3.16. The summed E-state index contributed by atoms with van der Waals surface area (Å²) in [7, 11) is 0. The van der Waals surface area contributed by atoms with Crippen molar-refractivity contribution in [2.45, 2.75) is 32.3 Å². The quantitative estimate of drug-likeness (QED) is 0.489. The summed E-state index contributed by atoms with van der Waals surface area (Å²) in [5, 5.41) is 13.1. The van der Waals surface area contributed by atoms with Crippen LogP contribution in [-0.2, 0) is 0 Å². The molecule has 3 nitrogen and oxygen atoms in total. The van der Waals surface area contributed by atoms with Crippen molar-refractivity contribution in [3.8, 4) is 0 Å². The van der Waals surface area contributed by atoms with E-state index in [1.54, 1.807) is 0 Å². The molecular weight excluding hydrogens is 200 g/mol. The van der Waals surface area contributed by atoms with E-state index in [2.05, 4.69) is 12.2 Å². The third-order valence-electron chi connectivity index (χ3n) is 2.59. The van der Waals surface area contributed by atoms with Gasteiger partial charge in [0.25, 0.3) is 0 Å². The number of aliphatic hydroxyl groups is 1. The number of nitrogens with two attached hydrogens (primary N) is 1. The fourth-order valence-corrected chi connectivity index (χ4v) is 1.62. The summed E-state index contributed by atoms with van der Waals surface area (Å²) in [4.78, 5) is 0. The van der Waals surface area contributed by atoms with E-state index in [9.17, 15) is 5.11 Å². The Bertz CT molecular complexity index is 302. The van der Waals surface area contributed by atoms with Crippen LogP contribution in [0, 0.1) is 0 Å². The smallest absolute Gasteiger partial charge is 0.0915 e. The molecule has 0 spiro atoms. The first-order valence-corrected chi connectivity index (χ1v) is 5.98. The minimum atomic E-state index is -0.467. The van der Waals surface area contributed by atoms with Crippen molar-refractivity contribution < 1.29 is 5.11 Å². The van der Waals surface area contributed by atoms with Gasteiger partial charge in [-0.1, -0.05) is 31.9 Å². The van der Waals surface area contributed by atoms with Crippen molar-refractivity contribution in [3.05, 3.63) is 29.8 Å². The summed E-state index contributed by atoms with van der Waals surface area (Å²) in [6, 6.07) is 7.41. The molecule has 0 aromatic heterocycles. The van der Waals surface area contributed by atoms with Crippen LogP contribution in [-0.4, -0.2) is 18.2 Å². The first kappa shape index (κ1) is 13.0. The maximum absolute atomic E-state index is 9.88. The van der Waals surface area contributed by atoms with Gasteiger partial charge in [-0.05, 0) is 30.7 Å². The Morgan fingerprint density at radius 3 is 2.88 bits per heavy atom. The predicted molar refractivity (Wildman–Crippen MR) is 68.2 cm³/mol. The predicted octanol–water partition coefficient (Wildman–Crippen LogP) is 2.08. The van der Waals surface area contributed by atoms with Gasteiger partial charge in [-0.15, -0.1) is 0 Å². The number of hydrogen-bond acceptors (Lipinski definition) is 3. The number of nitrogen functional groups attached to an aromatic ring is 1. The summed E-state index contributed by atoms with van der Waals surface area (Å²) in [5.41, 5.74) is 7.23. The number of nitrogens with one attached hydrogen (secondary N) is 1. The van der Waals surface area contributed by atoms with Gasteiger partial charge < -0.3 is 16.2 Å². The molecule has 1 atom stereocenters. The first-order valence-electron chi connectivity index (χ1n) is 5.98. The van der Waals surface area contributed by atoms with Crippen LogP contribution in [0.15, 0.2) is 24.3 Å². The lowest BCUT2D eigenvalue weighted by Crippen LogP contribution is -2.22. The van der Waals surface area contributed by atoms with Crippen molar-refractivity contribution in [1.82, 2.24) is 5.32 Å². The van der Waals surface area contributed by atoms with Crippen molar-refractivity contribution in [1.29, 1.82) is 0 Å². The van der Waals surface area contributed by atoms with Crippen LogP contribution in [0.25, 0.3) is 0 Å². The lowest BCUT2D eigenvalue weighted by molar-refractivity contribution is 0.175. The second-order valence-electron chi connectivity index (χ2n) is 4.10. The molecule has 90 valence electrons. The van der Waals surface area contributed by atoms with Crippen LogP contribution in [0.1, 0.15) is 37.9 Å². The molecular formula is C13H22N2O. The van der Waals surface area contributed by atoms with Crippen molar-refractivity contribution >= 4 is 5.69 Å². The normalized spacial score (nSPS) is 12.6. The largest absolute Gasteiger partial charge is 0.399 e.